The van der Waals surface area contributed by atoms with Gasteiger partial charge in [-0.3, -0.25) is 10.3 Å². The number of unbranched alkanes of at least 4 members (excludes halogenated alkanes) is 34. The lowest BCUT2D eigenvalue weighted by Crippen LogP contribution is -2.62. The molecule has 103 heavy (non-hydrogen) atoms. The summed E-state index contributed by atoms with van der Waals surface area (Å²) in [5, 5.41) is 6.94. The van der Waals surface area contributed by atoms with Crippen LogP contribution in [0.1, 0.15) is 279 Å². The standard InChI is InChI=1S/C91H135N3O9/c1-3-5-7-9-11-13-15-17-18-19-20-21-22-23-24-25-26-27-28-30-32-34-36-53-67-93-83(86(97-71-78-56-44-38-45-57-78)84(96-70-77-54-42-37-43-55-77)64-52-35-33-31-29-16-14-12-10-8-6-4-2)75-101-90-89(100-74-81-62-50-41-51-63-81)88(99-73-80-60-48-40-49-61-80)87(98-72-79-58-46-39-47-59-79)85(103-90)76-102-91(95)94-82-65-68-92-69-66-82/h37-51,54-63,65-66,68-69,83-90,93H,3-36,52-53,64,67,70-76H2,1-2H3,(H,92,94,95)/t83-,84+,85+,86-,87-,88-,89+,90+/m0/s1. The summed E-state index contributed by atoms with van der Waals surface area (Å²) < 4.78 is 56.6. The highest BCUT2D eigenvalue weighted by Crippen LogP contribution is 2.33. The van der Waals surface area contributed by atoms with Crippen molar-refractivity contribution in [3.05, 3.63) is 204 Å². The van der Waals surface area contributed by atoms with Gasteiger partial charge in [0, 0.05) is 18.1 Å². The summed E-state index contributed by atoms with van der Waals surface area (Å²) in [6.45, 7) is 6.95. The average Bonchev–Trinajstić information content (AvgIpc) is 0.786. The zero-order valence-electron chi connectivity index (χ0n) is 63.8. The maximum atomic E-state index is 13.8. The van der Waals surface area contributed by atoms with Crippen LogP contribution in [-0.2, 0) is 70.9 Å². The minimum atomic E-state index is -1.03. The van der Waals surface area contributed by atoms with Crippen molar-refractivity contribution in [1.82, 2.24) is 10.3 Å². The maximum Gasteiger partial charge on any atom is 0.411 e. The number of ether oxygens (including phenoxy) is 8. The highest BCUT2D eigenvalue weighted by Gasteiger charge is 2.50. The molecule has 7 rings (SSSR count). The monoisotopic (exact) mass is 1410 g/mol. The number of nitrogens with one attached hydrogen (secondary N) is 2. The summed E-state index contributed by atoms with van der Waals surface area (Å²) in [5.41, 5.74) is 5.70. The zero-order chi connectivity index (χ0) is 71.8. The van der Waals surface area contributed by atoms with Crippen LogP contribution in [0.25, 0.3) is 0 Å². The number of hydrogen-bond donors (Lipinski definition) is 2. The molecule has 12 nitrogen and oxygen atoms in total. The van der Waals surface area contributed by atoms with Crippen molar-refractivity contribution in [2.24, 2.45) is 0 Å². The number of amides is 1. The van der Waals surface area contributed by atoms with Gasteiger partial charge in [-0.05, 0) is 59.3 Å². The number of anilines is 1. The molecule has 2 N–H and O–H groups in total. The van der Waals surface area contributed by atoms with E-state index in [1.54, 1.807) is 24.5 Å². The Morgan fingerprint density at radius 3 is 1.15 bits per heavy atom. The van der Waals surface area contributed by atoms with Crippen molar-refractivity contribution in [3.8, 4) is 0 Å². The van der Waals surface area contributed by atoms with Gasteiger partial charge in [-0.1, -0.05) is 390 Å². The summed E-state index contributed by atoms with van der Waals surface area (Å²) in [4.78, 5) is 17.9. The molecule has 0 bridgehead atoms. The fraction of sp³-hybridized carbons (Fsp3) is 0.604. The van der Waals surface area contributed by atoms with Gasteiger partial charge in [0.2, 0.25) is 0 Å². The molecule has 0 unspecified atom stereocenters. The van der Waals surface area contributed by atoms with Gasteiger partial charge < -0.3 is 43.2 Å². The van der Waals surface area contributed by atoms with Crippen molar-refractivity contribution < 1.29 is 42.7 Å². The Kier molecular flexibility index (Phi) is 46.3. The molecule has 1 aromatic heterocycles. The van der Waals surface area contributed by atoms with Crippen molar-refractivity contribution >= 4 is 11.8 Å². The minimum Gasteiger partial charge on any atom is -0.446 e. The molecule has 1 amide bonds. The molecule has 1 saturated heterocycles. The highest BCUT2D eigenvalue weighted by molar-refractivity contribution is 5.84. The summed E-state index contributed by atoms with van der Waals surface area (Å²) in [6, 6.07) is 54.5. The molecule has 0 aliphatic carbocycles. The van der Waals surface area contributed by atoms with E-state index in [2.05, 4.69) is 114 Å². The van der Waals surface area contributed by atoms with Gasteiger partial charge in [-0.25, -0.2) is 4.79 Å². The average molecular weight is 1420 g/mol. The van der Waals surface area contributed by atoms with Crippen LogP contribution in [-0.4, -0.2) is 79.8 Å². The summed E-state index contributed by atoms with van der Waals surface area (Å²) in [5.74, 6) is 0. The third kappa shape index (κ3) is 37.8. The first-order valence-electron chi connectivity index (χ1n) is 41.2. The van der Waals surface area contributed by atoms with E-state index in [1.165, 1.54) is 205 Å². The summed E-state index contributed by atoms with van der Waals surface area (Å²) >= 11 is 0. The molecule has 1 aliphatic rings. The van der Waals surface area contributed by atoms with Crippen LogP contribution < -0.4 is 10.6 Å². The van der Waals surface area contributed by atoms with E-state index in [0.717, 1.165) is 66.5 Å². The summed E-state index contributed by atoms with van der Waals surface area (Å²) in [7, 11) is 0. The molecule has 0 radical (unpaired) electrons. The first-order chi connectivity index (χ1) is 51.1. The third-order valence-electron chi connectivity index (χ3n) is 20.3. The molecule has 568 valence electrons. The quantitative estimate of drug-likeness (QED) is 0.0354. The van der Waals surface area contributed by atoms with Crippen LogP contribution in [0.4, 0.5) is 10.5 Å². The van der Waals surface area contributed by atoms with E-state index in [-0.39, 0.29) is 45.2 Å². The molecule has 1 aliphatic heterocycles. The second-order valence-corrected chi connectivity index (χ2v) is 29.1. The molecule has 5 aromatic carbocycles. The Morgan fingerprint density at radius 1 is 0.388 bits per heavy atom. The molecule has 0 saturated carbocycles. The number of nitrogens with zero attached hydrogens (tertiary/aromatic N) is 1. The van der Waals surface area contributed by atoms with E-state index < -0.39 is 42.9 Å². The zero-order valence-corrected chi connectivity index (χ0v) is 63.8. The van der Waals surface area contributed by atoms with Gasteiger partial charge in [0.1, 0.15) is 37.1 Å². The second-order valence-electron chi connectivity index (χ2n) is 29.1. The number of rotatable bonds is 62. The van der Waals surface area contributed by atoms with Crippen molar-refractivity contribution in [3.63, 3.8) is 0 Å². The van der Waals surface area contributed by atoms with Crippen LogP contribution in [0.15, 0.2) is 176 Å². The van der Waals surface area contributed by atoms with Crippen LogP contribution in [0, 0.1) is 0 Å². The molecule has 2 heterocycles. The number of carbonyl (C=O) groups excluding carboxylic acids is 1. The first-order valence-corrected chi connectivity index (χ1v) is 41.2. The van der Waals surface area contributed by atoms with E-state index in [0.29, 0.717) is 18.9 Å². The Bertz CT molecular complexity index is 2900. The molecular weight excluding hydrogens is 1280 g/mol. The SMILES string of the molecule is CCCCCCCCCCCCCCCCCCCCCCCCCCN[C@@H](CO[C@@H]1O[C@H](COC(=O)Nc2ccncc2)[C@H](OCc2ccccc2)[C@H](OCc2ccccc2)[C@H]1OCc1ccccc1)[C@H](OCc1ccccc1)[C@@H](CCCCCCCCCCCCCC)OCc1ccccc1. The number of benzene rings is 5. The van der Waals surface area contributed by atoms with Crippen LogP contribution in [0.3, 0.4) is 0 Å². The molecule has 8 atom stereocenters. The maximum absolute atomic E-state index is 13.8. The molecular formula is C91H135N3O9. The Morgan fingerprint density at radius 2 is 0.738 bits per heavy atom. The smallest absolute Gasteiger partial charge is 0.411 e. The third-order valence-corrected chi connectivity index (χ3v) is 20.3. The molecule has 0 spiro atoms. The van der Waals surface area contributed by atoms with Crippen molar-refractivity contribution in [2.45, 2.75) is 333 Å². The number of pyridine rings is 1. The Labute approximate surface area is 624 Å². The largest absolute Gasteiger partial charge is 0.446 e. The normalized spacial score (nSPS) is 16.9. The fourth-order valence-electron chi connectivity index (χ4n) is 14.2. The summed E-state index contributed by atoms with van der Waals surface area (Å²) in [6.07, 6.45) is 46.3. The minimum absolute atomic E-state index is 0.175. The van der Waals surface area contributed by atoms with Gasteiger partial charge in [-0.2, -0.15) is 0 Å². The Hall–Kier alpha value is -5.80. The van der Waals surface area contributed by atoms with Crippen LogP contribution >= 0.6 is 0 Å². The predicted molar refractivity (Wildman–Crippen MR) is 423 cm³/mol. The number of aromatic nitrogens is 1. The number of carbonyl (C=O) groups is 1. The number of hydrogen-bond acceptors (Lipinski definition) is 11. The van der Waals surface area contributed by atoms with Crippen molar-refractivity contribution in [1.29, 1.82) is 0 Å². The van der Waals surface area contributed by atoms with Gasteiger partial charge >= 0.3 is 6.09 Å². The fourth-order valence-corrected chi connectivity index (χ4v) is 14.2. The topological polar surface area (TPSA) is 128 Å². The van der Waals surface area contributed by atoms with Gasteiger partial charge in [-0.15, -0.1) is 0 Å². The van der Waals surface area contributed by atoms with E-state index >= 15 is 0 Å². The van der Waals surface area contributed by atoms with E-state index in [1.807, 2.05) is 66.7 Å². The lowest BCUT2D eigenvalue weighted by Gasteiger charge is -2.46. The lowest BCUT2D eigenvalue weighted by atomic mass is 9.97. The highest BCUT2D eigenvalue weighted by atomic mass is 16.7. The Balaban J connectivity index is 1.08. The van der Waals surface area contributed by atoms with Gasteiger partial charge in [0.25, 0.3) is 0 Å². The molecule has 6 aromatic rings. The van der Waals surface area contributed by atoms with Gasteiger partial charge in [0.15, 0.2) is 6.29 Å². The van der Waals surface area contributed by atoms with E-state index in [9.17, 15) is 4.79 Å². The van der Waals surface area contributed by atoms with E-state index in [4.69, 9.17) is 37.9 Å². The lowest BCUT2D eigenvalue weighted by molar-refractivity contribution is -0.328. The second kappa shape index (κ2) is 56.5. The molecule has 1 fully saturated rings. The van der Waals surface area contributed by atoms with Crippen LogP contribution in [0.5, 0.6) is 0 Å². The first kappa shape index (κ1) is 84.5. The van der Waals surface area contributed by atoms with Crippen LogP contribution in [0.2, 0.25) is 0 Å². The van der Waals surface area contributed by atoms with Crippen molar-refractivity contribution in [2.75, 3.05) is 25.1 Å². The van der Waals surface area contributed by atoms with Gasteiger partial charge in [0.05, 0.1) is 51.8 Å². The molecule has 12 heteroatoms. The predicted octanol–water partition coefficient (Wildman–Crippen LogP) is 23.7.